The summed E-state index contributed by atoms with van der Waals surface area (Å²) >= 11 is 0. The molecule has 0 unspecified atom stereocenters. The Labute approximate surface area is 299 Å². The minimum atomic E-state index is 1.10. The number of hydrogen-bond acceptors (Lipinski definition) is 1. The largest absolute Gasteiger partial charge is 0.310 e. The summed E-state index contributed by atoms with van der Waals surface area (Å²) < 4.78 is 0. The zero-order valence-corrected chi connectivity index (χ0v) is 28.2. The van der Waals surface area contributed by atoms with Crippen molar-refractivity contribution in [2.24, 2.45) is 0 Å². The van der Waals surface area contributed by atoms with Crippen LogP contribution in [0.4, 0.5) is 17.1 Å². The molecule has 1 nitrogen and oxygen atoms in total. The van der Waals surface area contributed by atoms with Crippen LogP contribution in [0, 0.1) is 0 Å². The van der Waals surface area contributed by atoms with Crippen LogP contribution in [0.3, 0.4) is 0 Å². The summed E-state index contributed by atoms with van der Waals surface area (Å²) in [5.41, 5.74) is 12.9. The summed E-state index contributed by atoms with van der Waals surface area (Å²) in [5.74, 6) is 0. The fourth-order valence-electron chi connectivity index (χ4n) is 7.22. The second-order valence-corrected chi connectivity index (χ2v) is 13.0. The highest BCUT2D eigenvalue weighted by Crippen LogP contribution is 2.40. The minimum Gasteiger partial charge on any atom is -0.310 e. The van der Waals surface area contributed by atoms with Gasteiger partial charge in [0.05, 0.1) is 0 Å². The van der Waals surface area contributed by atoms with E-state index in [4.69, 9.17) is 0 Å². The normalized spacial score (nSPS) is 11.1. The van der Waals surface area contributed by atoms with E-state index in [-0.39, 0.29) is 0 Å². The van der Waals surface area contributed by atoms with Gasteiger partial charge in [0.15, 0.2) is 0 Å². The number of rotatable bonds is 7. The Hall–Kier alpha value is -6.70. The second kappa shape index (κ2) is 13.3. The Kier molecular flexibility index (Phi) is 7.92. The number of anilines is 3. The summed E-state index contributed by atoms with van der Waals surface area (Å²) in [7, 11) is 0. The van der Waals surface area contributed by atoms with Crippen molar-refractivity contribution < 1.29 is 0 Å². The molecule has 0 saturated heterocycles. The molecule has 0 bridgehead atoms. The van der Waals surface area contributed by atoms with Crippen LogP contribution in [0.25, 0.3) is 66.1 Å². The zero-order chi connectivity index (χ0) is 34.0. The summed E-state index contributed by atoms with van der Waals surface area (Å²) in [5, 5.41) is 5.00. The maximum absolute atomic E-state index is 2.37. The van der Waals surface area contributed by atoms with Gasteiger partial charge < -0.3 is 4.90 Å². The quantitative estimate of drug-likeness (QED) is 0.166. The first-order valence-electron chi connectivity index (χ1n) is 17.5. The summed E-state index contributed by atoms with van der Waals surface area (Å²) in [4.78, 5) is 2.37. The molecule has 0 aromatic heterocycles. The molecule has 0 heterocycles. The highest BCUT2D eigenvalue weighted by Gasteiger charge is 2.16. The van der Waals surface area contributed by atoms with Crippen LogP contribution in [-0.2, 0) is 0 Å². The molecule has 9 aromatic carbocycles. The lowest BCUT2D eigenvalue weighted by Crippen LogP contribution is -2.10. The van der Waals surface area contributed by atoms with Crippen molar-refractivity contribution >= 4 is 38.6 Å². The monoisotopic (exact) mass is 649 g/mol. The SMILES string of the molecule is c1ccc(-c2ccc(-c3cccc(N(c4ccc(-c5cccc6ccccc56)cc4)c4cccc(-c5ccc6ccccc6c5)c4)c3)cc2)cc1. The Balaban J connectivity index is 1.13. The van der Waals surface area contributed by atoms with Gasteiger partial charge in [0.1, 0.15) is 0 Å². The van der Waals surface area contributed by atoms with Crippen molar-refractivity contribution in [3.63, 3.8) is 0 Å². The molecular weight excluding hydrogens is 615 g/mol. The molecule has 0 aliphatic carbocycles. The predicted octanol–water partition coefficient (Wildman–Crippen LogP) is 14.1. The lowest BCUT2D eigenvalue weighted by molar-refractivity contribution is 1.28. The van der Waals surface area contributed by atoms with Crippen LogP contribution in [0.5, 0.6) is 0 Å². The molecular formula is C50H35N. The zero-order valence-electron chi connectivity index (χ0n) is 28.2. The molecule has 0 fully saturated rings. The lowest BCUT2D eigenvalue weighted by atomic mass is 9.97. The molecule has 9 aromatic rings. The van der Waals surface area contributed by atoms with Gasteiger partial charge in [-0.15, -0.1) is 0 Å². The van der Waals surface area contributed by atoms with Crippen LogP contribution in [0.15, 0.2) is 212 Å². The Bertz CT molecular complexity index is 2610. The van der Waals surface area contributed by atoms with E-state index in [1.165, 1.54) is 66.1 Å². The van der Waals surface area contributed by atoms with E-state index in [1.807, 2.05) is 0 Å². The average molecular weight is 650 g/mol. The highest BCUT2D eigenvalue weighted by molar-refractivity contribution is 5.97. The molecule has 0 amide bonds. The van der Waals surface area contributed by atoms with Gasteiger partial charge in [0.2, 0.25) is 0 Å². The Morgan fingerprint density at radius 1 is 0.235 bits per heavy atom. The first-order valence-corrected chi connectivity index (χ1v) is 17.5. The van der Waals surface area contributed by atoms with E-state index in [9.17, 15) is 0 Å². The van der Waals surface area contributed by atoms with Crippen molar-refractivity contribution in [1.82, 2.24) is 0 Å². The highest BCUT2D eigenvalue weighted by atomic mass is 15.1. The summed E-state index contributed by atoms with van der Waals surface area (Å²) in [6.45, 7) is 0. The number of hydrogen-bond donors (Lipinski definition) is 0. The van der Waals surface area contributed by atoms with Crippen LogP contribution in [0.1, 0.15) is 0 Å². The molecule has 0 saturated carbocycles. The predicted molar refractivity (Wildman–Crippen MR) is 218 cm³/mol. The topological polar surface area (TPSA) is 3.24 Å². The molecule has 1 heteroatoms. The first-order chi connectivity index (χ1) is 25.3. The molecule has 51 heavy (non-hydrogen) atoms. The third-order valence-electron chi connectivity index (χ3n) is 9.84. The van der Waals surface area contributed by atoms with E-state index in [1.54, 1.807) is 0 Å². The van der Waals surface area contributed by atoms with Crippen molar-refractivity contribution in [3.8, 4) is 44.5 Å². The molecule has 0 N–H and O–H groups in total. The van der Waals surface area contributed by atoms with Gasteiger partial charge in [-0.05, 0) is 109 Å². The van der Waals surface area contributed by atoms with Gasteiger partial charge in [-0.2, -0.15) is 0 Å². The van der Waals surface area contributed by atoms with Crippen molar-refractivity contribution in [3.05, 3.63) is 212 Å². The second-order valence-electron chi connectivity index (χ2n) is 13.0. The van der Waals surface area contributed by atoms with Gasteiger partial charge in [-0.25, -0.2) is 0 Å². The van der Waals surface area contributed by atoms with E-state index < -0.39 is 0 Å². The molecule has 0 spiro atoms. The van der Waals surface area contributed by atoms with Crippen LogP contribution >= 0.6 is 0 Å². The Morgan fingerprint density at radius 2 is 0.706 bits per heavy atom. The molecule has 9 rings (SSSR count). The molecule has 240 valence electrons. The van der Waals surface area contributed by atoms with Gasteiger partial charge in [-0.1, -0.05) is 170 Å². The minimum absolute atomic E-state index is 1.10. The van der Waals surface area contributed by atoms with Crippen molar-refractivity contribution in [1.29, 1.82) is 0 Å². The average Bonchev–Trinajstić information content (AvgIpc) is 3.21. The molecule has 0 atom stereocenters. The maximum Gasteiger partial charge on any atom is 0.0467 e. The summed E-state index contributed by atoms with van der Waals surface area (Å²) in [6.07, 6.45) is 0. The fraction of sp³-hybridized carbons (Fsp3) is 0. The van der Waals surface area contributed by atoms with Gasteiger partial charge in [0.25, 0.3) is 0 Å². The smallest absolute Gasteiger partial charge is 0.0467 e. The van der Waals surface area contributed by atoms with Crippen LogP contribution in [0.2, 0.25) is 0 Å². The number of nitrogens with zero attached hydrogens (tertiary/aromatic N) is 1. The third kappa shape index (κ3) is 6.07. The van der Waals surface area contributed by atoms with Crippen molar-refractivity contribution in [2.45, 2.75) is 0 Å². The van der Waals surface area contributed by atoms with E-state index in [0.29, 0.717) is 0 Å². The molecule has 0 aliphatic heterocycles. The van der Waals surface area contributed by atoms with E-state index in [0.717, 1.165) is 17.1 Å². The number of fused-ring (bicyclic) bond motifs is 2. The van der Waals surface area contributed by atoms with Crippen LogP contribution in [-0.4, -0.2) is 0 Å². The molecule has 0 aliphatic rings. The maximum atomic E-state index is 2.37. The Morgan fingerprint density at radius 3 is 1.43 bits per heavy atom. The standard InChI is InChI=1S/C50H35N/c1-2-11-36(12-3-1)38-23-25-39(26-24-38)43-17-8-19-47(34-43)51(46-31-29-41(30-32-46)50-22-10-16-40-14-6-7-21-49(40)50)48-20-9-18-44(35-48)45-28-27-37-13-4-5-15-42(37)33-45/h1-35H. The fourth-order valence-corrected chi connectivity index (χ4v) is 7.22. The van der Waals surface area contributed by atoms with Gasteiger partial charge >= 0.3 is 0 Å². The first kappa shape index (κ1) is 30.4. The van der Waals surface area contributed by atoms with Crippen molar-refractivity contribution in [2.75, 3.05) is 4.90 Å². The van der Waals surface area contributed by atoms with Gasteiger partial charge in [0, 0.05) is 17.1 Å². The number of benzene rings is 9. The molecule has 0 radical (unpaired) electrons. The van der Waals surface area contributed by atoms with E-state index >= 15 is 0 Å². The van der Waals surface area contributed by atoms with Gasteiger partial charge in [-0.3, -0.25) is 0 Å². The van der Waals surface area contributed by atoms with Crippen LogP contribution < -0.4 is 4.90 Å². The summed E-state index contributed by atoms with van der Waals surface area (Å²) in [6, 6.07) is 76.7. The van der Waals surface area contributed by atoms with E-state index in [2.05, 4.69) is 217 Å². The third-order valence-corrected chi connectivity index (χ3v) is 9.84. The lowest BCUT2D eigenvalue weighted by Gasteiger charge is -2.27.